The Balaban J connectivity index is 1.58. The lowest BCUT2D eigenvalue weighted by molar-refractivity contribution is 0.195. The van der Waals surface area contributed by atoms with Gasteiger partial charge in [0, 0.05) is 37.9 Å². The van der Waals surface area contributed by atoms with Crippen LogP contribution < -0.4 is 20.9 Å². The molecule has 4 rings (SSSR count). The number of nitrogen functional groups attached to an aromatic ring is 1. The van der Waals surface area contributed by atoms with E-state index in [0.29, 0.717) is 36.1 Å². The molecule has 2 N–H and O–H groups in total. The predicted molar refractivity (Wildman–Crippen MR) is 142 cm³/mol. The SMILES string of the molecule is CC(C)(C)COc1c(N2CCN(S(=O)(=O)Cc3ccc(N)cc3)CC2)cnn(-c2cc(F)cc(F)c2)c1=O. The molecule has 0 saturated carbocycles. The van der Waals surface area contributed by atoms with E-state index in [0.717, 1.165) is 16.8 Å². The zero-order valence-corrected chi connectivity index (χ0v) is 22.3. The van der Waals surface area contributed by atoms with Crippen molar-refractivity contribution in [2.45, 2.75) is 26.5 Å². The standard InChI is InChI=1S/C26H31F2N5O4S/c1-26(2,3)17-37-24-23(15-30-33(25(24)34)22-13-19(27)12-20(28)14-22)31-8-10-32(11-9-31)38(35,36)16-18-4-6-21(29)7-5-18/h4-7,12-15H,8-11,16-17,29H2,1-3H3. The van der Waals surface area contributed by atoms with Gasteiger partial charge < -0.3 is 15.4 Å². The summed E-state index contributed by atoms with van der Waals surface area (Å²) >= 11 is 0. The van der Waals surface area contributed by atoms with Crippen LogP contribution in [0.25, 0.3) is 5.69 Å². The van der Waals surface area contributed by atoms with Gasteiger partial charge in [-0.05, 0) is 35.2 Å². The molecule has 2 aromatic carbocycles. The molecule has 204 valence electrons. The summed E-state index contributed by atoms with van der Waals surface area (Å²) in [6.07, 6.45) is 1.40. The summed E-state index contributed by atoms with van der Waals surface area (Å²) in [7, 11) is -3.57. The molecule has 12 heteroatoms. The second kappa shape index (κ2) is 10.7. The van der Waals surface area contributed by atoms with Crippen LogP contribution >= 0.6 is 0 Å². The highest BCUT2D eigenvalue weighted by atomic mass is 32.2. The van der Waals surface area contributed by atoms with Crippen LogP contribution in [0.15, 0.2) is 53.5 Å². The maximum Gasteiger partial charge on any atom is 0.316 e. The zero-order chi connectivity index (χ0) is 27.7. The number of rotatable bonds is 7. The Bertz CT molecular complexity index is 1440. The molecule has 1 fully saturated rings. The normalized spacial score (nSPS) is 15.0. The number of sulfonamides is 1. The number of hydrogen-bond donors (Lipinski definition) is 1. The number of anilines is 2. The van der Waals surface area contributed by atoms with Crippen LogP contribution in [0.5, 0.6) is 5.75 Å². The van der Waals surface area contributed by atoms with Crippen molar-refractivity contribution in [3.8, 4) is 11.4 Å². The van der Waals surface area contributed by atoms with Gasteiger partial charge in [-0.1, -0.05) is 32.9 Å². The van der Waals surface area contributed by atoms with Crippen LogP contribution in [-0.2, 0) is 15.8 Å². The van der Waals surface area contributed by atoms with Gasteiger partial charge in [-0.3, -0.25) is 4.79 Å². The minimum atomic E-state index is -3.57. The third-order valence-corrected chi connectivity index (χ3v) is 7.81. The fourth-order valence-electron chi connectivity index (χ4n) is 4.05. The van der Waals surface area contributed by atoms with Gasteiger partial charge in [0.25, 0.3) is 0 Å². The largest absolute Gasteiger partial charge is 0.486 e. The third-order valence-electron chi connectivity index (χ3n) is 5.96. The molecule has 0 atom stereocenters. The van der Waals surface area contributed by atoms with Crippen LogP contribution in [0.3, 0.4) is 0 Å². The lowest BCUT2D eigenvalue weighted by Gasteiger charge is -2.36. The van der Waals surface area contributed by atoms with E-state index >= 15 is 0 Å². The number of ether oxygens (including phenoxy) is 1. The van der Waals surface area contributed by atoms with Crippen LogP contribution in [0.2, 0.25) is 0 Å². The van der Waals surface area contributed by atoms with E-state index in [1.165, 1.54) is 10.5 Å². The first-order valence-corrected chi connectivity index (χ1v) is 13.7. The Morgan fingerprint density at radius 2 is 1.61 bits per heavy atom. The van der Waals surface area contributed by atoms with Crippen LogP contribution in [0.1, 0.15) is 26.3 Å². The number of nitrogens with two attached hydrogens (primary N) is 1. The summed E-state index contributed by atoms with van der Waals surface area (Å²) in [5, 5.41) is 4.15. The summed E-state index contributed by atoms with van der Waals surface area (Å²) in [6.45, 7) is 7.03. The number of aromatic nitrogens is 2. The Hall–Kier alpha value is -3.51. The van der Waals surface area contributed by atoms with E-state index in [1.54, 1.807) is 24.3 Å². The molecule has 1 aliphatic heterocycles. The molecule has 38 heavy (non-hydrogen) atoms. The van der Waals surface area contributed by atoms with Crippen molar-refractivity contribution in [2.24, 2.45) is 5.41 Å². The van der Waals surface area contributed by atoms with E-state index in [2.05, 4.69) is 5.10 Å². The van der Waals surface area contributed by atoms with Crippen molar-refractivity contribution in [1.29, 1.82) is 0 Å². The second-order valence-corrected chi connectivity index (χ2v) is 12.4. The van der Waals surface area contributed by atoms with Crippen LogP contribution in [0, 0.1) is 17.0 Å². The highest BCUT2D eigenvalue weighted by Crippen LogP contribution is 2.28. The van der Waals surface area contributed by atoms with E-state index in [-0.39, 0.29) is 42.3 Å². The third kappa shape index (κ3) is 6.48. The smallest absolute Gasteiger partial charge is 0.316 e. The summed E-state index contributed by atoms with van der Waals surface area (Å²) in [5.41, 5.74) is 6.26. The first-order chi connectivity index (χ1) is 17.8. The number of benzene rings is 2. The summed E-state index contributed by atoms with van der Waals surface area (Å²) in [6, 6.07) is 9.43. The van der Waals surface area contributed by atoms with Gasteiger partial charge >= 0.3 is 5.56 Å². The molecular formula is C26H31F2N5O4S. The van der Waals surface area contributed by atoms with Crippen LogP contribution in [0.4, 0.5) is 20.2 Å². The number of halogens is 2. The van der Waals surface area contributed by atoms with E-state index in [9.17, 15) is 22.0 Å². The first-order valence-electron chi connectivity index (χ1n) is 12.1. The topological polar surface area (TPSA) is 111 Å². The maximum absolute atomic E-state index is 13.8. The Labute approximate surface area is 220 Å². The van der Waals surface area contributed by atoms with Gasteiger partial charge in [0.15, 0.2) is 0 Å². The van der Waals surface area contributed by atoms with Gasteiger partial charge in [-0.25, -0.2) is 17.2 Å². The molecule has 1 saturated heterocycles. The molecule has 1 aliphatic rings. The van der Waals surface area contributed by atoms with E-state index < -0.39 is 27.2 Å². The highest BCUT2D eigenvalue weighted by molar-refractivity contribution is 7.88. The molecule has 2 heterocycles. The fraction of sp³-hybridized carbons (Fsp3) is 0.385. The minimum absolute atomic E-state index is 0.0159. The Morgan fingerprint density at radius 3 is 2.18 bits per heavy atom. The van der Waals surface area contributed by atoms with Crippen LogP contribution in [-0.4, -0.2) is 55.3 Å². The highest BCUT2D eigenvalue weighted by Gasteiger charge is 2.30. The summed E-state index contributed by atoms with van der Waals surface area (Å²) in [5.74, 6) is -1.84. The molecular weight excluding hydrogens is 516 g/mol. The van der Waals surface area contributed by atoms with Gasteiger partial charge in [0.05, 0.1) is 24.2 Å². The van der Waals surface area contributed by atoms with E-state index in [4.69, 9.17) is 10.5 Å². The van der Waals surface area contributed by atoms with E-state index in [1.807, 2.05) is 25.7 Å². The van der Waals surface area contributed by atoms with Gasteiger partial charge in [0.1, 0.15) is 17.3 Å². The monoisotopic (exact) mass is 547 g/mol. The molecule has 0 bridgehead atoms. The lowest BCUT2D eigenvalue weighted by atomic mass is 9.99. The number of nitrogens with zero attached hydrogens (tertiary/aromatic N) is 4. The average Bonchev–Trinajstić information content (AvgIpc) is 2.83. The van der Waals surface area contributed by atoms with Crippen molar-refractivity contribution in [2.75, 3.05) is 43.4 Å². The molecule has 0 radical (unpaired) electrons. The van der Waals surface area contributed by atoms with Crippen molar-refractivity contribution in [1.82, 2.24) is 14.1 Å². The summed E-state index contributed by atoms with van der Waals surface area (Å²) < 4.78 is 61.9. The molecule has 0 aliphatic carbocycles. The zero-order valence-electron chi connectivity index (χ0n) is 21.5. The predicted octanol–water partition coefficient (Wildman–Crippen LogP) is 3.17. The minimum Gasteiger partial charge on any atom is -0.486 e. The van der Waals surface area contributed by atoms with Crippen molar-refractivity contribution in [3.05, 3.63) is 76.2 Å². The quantitative estimate of drug-likeness (QED) is 0.453. The van der Waals surface area contributed by atoms with Gasteiger partial charge in [-0.15, -0.1) is 0 Å². The molecule has 9 nitrogen and oxygen atoms in total. The molecule has 3 aromatic rings. The molecule has 0 unspecified atom stereocenters. The number of hydrogen-bond acceptors (Lipinski definition) is 7. The van der Waals surface area contributed by atoms with Crippen molar-refractivity contribution < 1.29 is 21.9 Å². The van der Waals surface area contributed by atoms with Gasteiger partial charge in [0.2, 0.25) is 15.8 Å². The molecule has 0 amide bonds. The second-order valence-electron chi connectivity index (χ2n) is 10.4. The van der Waals surface area contributed by atoms with Crippen molar-refractivity contribution in [3.63, 3.8) is 0 Å². The fourth-order valence-corrected chi connectivity index (χ4v) is 5.56. The maximum atomic E-state index is 13.8. The summed E-state index contributed by atoms with van der Waals surface area (Å²) in [4.78, 5) is 15.2. The van der Waals surface area contributed by atoms with Crippen molar-refractivity contribution >= 4 is 21.4 Å². The average molecular weight is 548 g/mol. The lowest BCUT2D eigenvalue weighted by Crippen LogP contribution is -2.49. The Kier molecular flexibility index (Phi) is 7.75. The molecule has 0 spiro atoms. The molecule has 1 aromatic heterocycles. The van der Waals surface area contributed by atoms with Gasteiger partial charge in [-0.2, -0.15) is 14.1 Å². The number of piperazine rings is 1. The first kappa shape index (κ1) is 27.5. The Morgan fingerprint density at radius 1 is 1.00 bits per heavy atom.